The molecule has 0 unspecified atom stereocenters. The van der Waals surface area contributed by atoms with E-state index < -0.39 is 0 Å². The number of quaternary nitrogens is 1. The van der Waals surface area contributed by atoms with Gasteiger partial charge in [0, 0.05) is 0 Å². The number of hydrogen-bond donors (Lipinski definition) is 2. The molecule has 0 aromatic heterocycles. The van der Waals surface area contributed by atoms with Gasteiger partial charge in [0.2, 0.25) is 0 Å². The minimum atomic E-state index is 0.0910. The Labute approximate surface area is 99.8 Å². The van der Waals surface area contributed by atoms with E-state index in [9.17, 15) is 5.11 Å². The molecule has 3 rings (SSSR count). The molecule has 0 saturated heterocycles. The van der Waals surface area contributed by atoms with Crippen LogP contribution in [0.1, 0.15) is 11.6 Å². The third kappa shape index (κ3) is 1.59. The Morgan fingerprint density at radius 2 is 2.06 bits per heavy atom. The molecule has 3 nitrogen and oxygen atoms in total. The summed E-state index contributed by atoms with van der Waals surface area (Å²) in [4.78, 5) is 0. The Morgan fingerprint density at radius 1 is 1.24 bits per heavy atom. The topological polar surface area (TPSA) is 57.1 Å². The normalized spacial score (nSPS) is 23.2. The second-order valence-electron chi connectivity index (χ2n) is 4.56. The molecule has 2 aromatic carbocycles. The molecule has 0 bridgehead atoms. The van der Waals surface area contributed by atoms with E-state index in [0.717, 1.165) is 11.3 Å². The fraction of sp³-hybridized carbons (Fsp3) is 0.286. The van der Waals surface area contributed by atoms with Crippen LogP contribution < -0.4 is 10.5 Å². The van der Waals surface area contributed by atoms with Crippen molar-refractivity contribution in [3.05, 3.63) is 42.0 Å². The average molecular weight is 230 g/mol. The highest BCUT2D eigenvalue weighted by Crippen LogP contribution is 2.37. The Bertz CT molecular complexity index is 553. The summed E-state index contributed by atoms with van der Waals surface area (Å²) in [6.07, 6.45) is 0. The number of hydrogen-bond acceptors (Lipinski definition) is 2. The van der Waals surface area contributed by atoms with Gasteiger partial charge in [0.05, 0.1) is 24.7 Å². The van der Waals surface area contributed by atoms with E-state index in [1.807, 2.05) is 18.2 Å². The summed E-state index contributed by atoms with van der Waals surface area (Å²) >= 11 is 0. The van der Waals surface area contributed by atoms with Crippen LogP contribution in [0.4, 0.5) is 0 Å². The van der Waals surface area contributed by atoms with Crippen molar-refractivity contribution in [2.24, 2.45) is 5.92 Å². The van der Waals surface area contributed by atoms with Gasteiger partial charge in [-0.15, -0.1) is 0 Å². The minimum Gasteiger partial charge on any atom is -0.492 e. The second kappa shape index (κ2) is 4.02. The molecule has 0 fully saturated rings. The van der Waals surface area contributed by atoms with E-state index >= 15 is 0 Å². The van der Waals surface area contributed by atoms with Crippen LogP contribution in [0.15, 0.2) is 36.4 Å². The maximum atomic E-state index is 9.34. The molecule has 0 amide bonds. The van der Waals surface area contributed by atoms with Crippen molar-refractivity contribution in [2.45, 2.75) is 6.04 Å². The molecule has 2 aromatic rings. The van der Waals surface area contributed by atoms with E-state index in [1.165, 1.54) is 10.8 Å². The number of fused-ring (bicyclic) bond motifs is 3. The summed E-state index contributed by atoms with van der Waals surface area (Å²) in [6, 6.07) is 12.4. The number of ether oxygens (including phenoxy) is 1. The fourth-order valence-electron chi connectivity index (χ4n) is 2.51. The van der Waals surface area contributed by atoms with E-state index in [2.05, 4.69) is 23.9 Å². The Kier molecular flexibility index (Phi) is 2.50. The maximum absolute atomic E-state index is 9.34. The Hall–Kier alpha value is -1.58. The van der Waals surface area contributed by atoms with Crippen LogP contribution in [0.2, 0.25) is 0 Å². The quantitative estimate of drug-likeness (QED) is 0.771. The zero-order valence-corrected chi connectivity index (χ0v) is 9.60. The molecular weight excluding hydrogens is 214 g/mol. The Balaban J connectivity index is 2.24. The molecule has 17 heavy (non-hydrogen) atoms. The van der Waals surface area contributed by atoms with Crippen LogP contribution in [0.5, 0.6) is 5.75 Å². The predicted octanol–water partition coefficient (Wildman–Crippen LogP) is 1.12. The van der Waals surface area contributed by atoms with Gasteiger partial charge in [-0.1, -0.05) is 30.3 Å². The lowest BCUT2D eigenvalue weighted by Crippen LogP contribution is -2.60. The smallest absolute Gasteiger partial charge is 0.129 e. The molecule has 1 aliphatic rings. The van der Waals surface area contributed by atoms with Gasteiger partial charge in [-0.25, -0.2) is 0 Å². The van der Waals surface area contributed by atoms with Crippen LogP contribution in [0.3, 0.4) is 0 Å². The number of rotatable bonds is 1. The van der Waals surface area contributed by atoms with Gasteiger partial charge in [0.15, 0.2) is 0 Å². The lowest BCUT2D eigenvalue weighted by molar-refractivity contribution is -0.444. The third-order valence-corrected chi connectivity index (χ3v) is 3.56. The maximum Gasteiger partial charge on any atom is 0.129 e. The van der Waals surface area contributed by atoms with Crippen molar-refractivity contribution in [3.8, 4) is 5.75 Å². The van der Waals surface area contributed by atoms with Gasteiger partial charge in [-0.2, -0.15) is 0 Å². The van der Waals surface area contributed by atoms with Crippen molar-refractivity contribution < 1.29 is 15.6 Å². The summed E-state index contributed by atoms with van der Waals surface area (Å²) in [5.41, 5.74) is 5.33. The van der Waals surface area contributed by atoms with E-state index in [0.29, 0.717) is 6.61 Å². The summed E-state index contributed by atoms with van der Waals surface area (Å²) in [7, 11) is 0. The molecule has 1 heterocycles. The van der Waals surface area contributed by atoms with Crippen LogP contribution >= 0.6 is 0 Å². The van der Waals surface area contributed by atoms with Crippen LogP contribution in [0, 0.1) is 5.92 Å². The summed E-state index contributed by atoms with van der Waals surface area (Å²) in [5, 5.41) is 11.7. The first-order valence-corrected chi connectivity index (χ1v) is 5.89. The lowest BCUT2D eigenvalue weighted by atomic mass is 9.88. The molecule has 0 radical (unpaired) electrons. The standard InChI is InChI=1S/C14H15NO2/c15-14-10(7-16)8-17-12-6-5-9-3-1-2-4-11(9)13(12)14/h1-6,10,14,16H,7-8,15H2/p+1/t10-,14+/m1/s1. The second-order valence-corrected chi connectivity index (χ2v) is 4.56. The summed E-state index contributed by atoms with van der Waals surface area (Å²) < 4.78 is 5.71. The van der Waals surface area contributed by atoms with Crippen molar-refractivity contribution in [3.63, 3.8) is 0 Å². The first-order valence-electron chi connectivity index (χ1n) is 5.89. The summed E-state index contributed by atoms with van der Waals surface area (Å²) in [6.45, 7) is 0.673. The molecule has 0 saturated carbocycles. The van der Waals surface area contributed by atoms with Crippen LogP contribution in [-0.2, 0) is 0 Å². The monoisotopic (exact) mass is 230 g/mol. The lowest BCUT2D eigenvalue weighted by Gasteiger charge is -2.28. The molecule has 0 aliphatic carbocycles. The molecular formula is C14H16NO2+. The first-order chi connectivity index (χ1) is 8.31. The van der Waals surface area contributed by atoms with Gasteiger partial charge < -0.3 is 15.6 Å². The predicted molar refractivity (Wildman–Crippen MR) is 65.6 cm³/mol. The first kappa shape index (κ1) is 10.6. The number of benzene rings is 2. The molecule has 1 aliphatic heterocycles. The van der Waals surface area contributed by atoms with Crippen molar-refractivity contribution in [1.29, 1.82) is 0 Å². The van der Waals surface area contributed by atoms with E-state index in [4.69, 9.17) is 4.74 Å². The zero-order chi connectivity index (χ0) is 11.8. The van der Waals surface area contributed by atoms with Gasteiger partial charge in [-0.3, -0.25) is 0 Å². The highest BCUT2D eigenvalue weighted by atomic mass is 16.5. The minimum absolute atomic E-state index is 0.0910. The zero-order valence-electron chi connectivity index (χ0n) is 9.60. The highest BCUT2D eigenvalue weighted by Gasteiger charge is 2.32. The third-order valence-electron chi connectivity index (χ3n) is 3.56. The average Bonchev–Trinajstić information content (AvgIpc) is 2.38. The summed E-state index contributed by atoms with van der Waals surface area (Å²) in [5.74, 6) is 1.00. The SMILES string of the molecule is [NH3+][C@@H]1c2c(ccc3ccccc23)OC[C@H]1CO. The molecule has 88 valence electrons. The number of aliphatic hydroxyl groups excluding tert-OH is 1. The van der Waals surface area contributed by atoms with E-state index in [1.54, 1.807) is 0 Å². The van der Waals surface area contributed by atoms with Crippen molar-refractivity contribution >= 4 is 10.8 Å². The van der Waals surface area contributed by atoms with Gasteiger partial charge in [0.25, 0.3) is 0 Å². The van der Waals surface area contributed by atoms with Gasteiger partial charge in [-0.05, 0) is 16.8 Å². The fourth-order valence-corrected chi connectivity index (χ4v) is 2.51. The molecule has 2 atom stereocenters. The van der Waals surface area contributed by atoms with Crippen molar-refractivity contribution in [1.82, 2.24) is 0 Å². The van der Waals surface area contributed by atoms with Gasteiger partial charge >= 0.3 is 0 Å². The molecule has 4 N–H and O–H groups in total. The van der Waals surface area contributed by atoms with Crippen LogP contribution in [0.25, 0.3) is 10.8 Å². The molecule has 3 heteroatoms. The van der Waals surface area contributed by atoms with E-state index in [-0.39, 0.29) is 18.6 Å². The van der Waals surface area contributed by atoms with Gasteiger partial charge in [0.1, 0.15) is 11.8 Å². The largest absolute Gasteiger partial charge is 0.492 e. The molecule has 0 spiro atoms. The number of aliphatic hydroxyl groups is 1. The Morgan fingerprint density at radius 3 is 2.88 bits per heavy atom. The highest BCUT2D eigenvalue weighted by molar-refractivity contribution is 5.88. The van der Waals surface area contributed by atoms with Crippen LogP contribution in [-0.4, -0.2) is 18.3 Å². The van der Waals surface area contributed by atoms with Crippen molar-refractivity contribution in [2.75, 3.05) is 13.2 Å².